The molecule has 1 saturated heterocycles. The Kier molecular flexibility index (Phi) is 6.78. The average molecular weight is 404 g/mol. The Labute approximate surface area is 154 Å². The standard InChI is InChI=1S/C16H25N3O5S2/c1-17-14-6-9-19(10-7-14)26(23,24)15-5-3-4-13(12-15)16(20)18-8-11-25(2,21)22/h3-5,12,14,17H,6-11H2,1-2H3,(H,18,20). The van der Waals surface area contributed by atoms with Crippen LogP contribution in [0.2, 0.25) is 0 Å². The van der Waals surface area contributed by atoms with Gasteiger partial charge in [0.15, 0.2) is 0 Å². The lowest BCUT2D eigenvalue weighted by atomic mass is 10.1. The molecule has 10 heteroatoms. The Morgan fingerprint density at radius 2 is 1.85 bits per heavy atom. The van der Waals surface area contributed by atoms with E-state index in [0.717, 1.165) is 19.1 Å². The smallest absolute Gasteiger partial charge is 0.251 e. The molecule has 0 unspecified atom stereocenters. The number of piperidine rings is 1. The number of hydrogen-bond donors (Lipinski definition) is 2. The summed E-state index contributed by atoms with van der Waals surface area (Å²) in [5, 5.41) is 5.64. The van der Waals surface area contributed by atoms with Crippen molar-refractivity contribution >= 4 is 25.8 Å². The van der Waals surface area contributed by atoms with Gasteiger partial charge in [-0.15, -0.1) is 0 Å². The number of benzene rings is 1. The van der Waals surface area contributed by atoms with Crippen LogP contribution in [0.15, 0.2) is 29.2 Å². The van der Waals surface area contributed by atoms with E-state index in [9.17, 15) is 21.6 Å². The highest BCUT2D eigenvalue weighted by molar-refractivity contribution is 7.90. The normalized spacial score (nSPS) is 17.2. The number of carbonyl (C=O) groups is 1. The van der Waals surface area contributed by atoms with E-state index in [-0.39, 0.29) is 22.8 Å². The molecule has 0 spiro atoms. The van der Waals surface area contributed by atoms with E-state index in [1.807, 2.05) is 7.05 Å². The summed E-state index contributed by atoms with van der Waals surface area (Å²) in [6.45, 7) is 0.837. The summed E-state index contributed by atoms with van der Waals surface area (Å²) >= 11 is 0. The minimum atomic E-state index is -3.66. The van der Waals surface area contributed by atoms with Crippen molar-refractivity contribution in [1.82, 2.24) is 14.9 Å². The maximum atomic E-state index is 12.8. The molecule has 2 rings (SSSR count). The van der Waals surface area contributed by atoms with Crippen LogP contribution in [-0.2, 0) is 19.9 Å². The molecule has 1 fully saturated rings. The first-order valence-corrected chi connectivity index (χ1v) is 11.9. The molecule has 1 aliphatic heterocycles. The minimum Gasteiger partial charge on any atom is -0.351 e. The van der Waals surface area contributed by atoms with Crippen LogP contribution in [0.3, 0.4) is 0 Å². The zero-order valence-electron chi connectivity index (χ0n) is 14.9. The van der Waals surface area contributed by atoms with Crippen molar-refractivity contribution in [2.75, 3.05) is 38.7 Å². The van der Waals surface area contributed by atoms with E-state index in [1.165, 1.54) is 28.6 Å². The maximum Gasteiger partial charge on any atom is 0.251 e. The summed E-state index contributed by atoms with van der Waals surface area (Å²) < 4.78 is 49.3. The van der Waals surface area contributed by atoms with E-state index >= 15 is 0 Å². The molecule has 26 heavy (non-hydrogen) atoms. The van der Waals surface area contributed by atoms with Crippen molar-refractivity contribution in [2.45, 2.75) is 23.8 Å². The van der Waals surface area contributed by atoms with Gasteiger partial charge in [-0.25, -0.2) is 16.8 Å². The van der Waals surface area contributed by atoms with Gasteiger partial charge in [-0.3, -0.25) is 4.79 Å². The van der Waals surface area contributed by atoms with Crippen molar-refractivity contribution in [1.29, 1.82) is 0 Å². The fraction of sp³-hybridized carbons (Fsp3) is 0.562. The van der Waals surface area contributed by atoms with Gasteiger partial charge in [-0.2, -0.15) is 4.31 Å². The summed E-state index contributed by atoms with van der Waals surface area (Å²) in [6, 6.07) is 6.12. The van der Waals surface area contributed by atoms with E-state index in [4.69, 9.17) is 0 Å². The summed E-state index contributed by atoms with van der Waals surface area (Å²) in [6.07, 6.45) is 2.56. The van der Waals surface area contributed by atoms with Crippen LogP contribution in [0.5, 0.6) is 0 Å². The van der Waals surface area contributed by atoms with Gasteiger partial charge in [0.25, 0.3) is 5.91 Å². The molecule has 0 aliphatic carbocycles. The second-order valence-electron chi connectivity index (χ2n) is 6.38. The van der Waals surface area contributed by atoms with E-state index in [0.29, 0.717) is 19.1 Å². The van der Waals surface area contributed by atoms with Crippen LogP contribution >= 0.6 is 0 Å². The summed E-state index contributed by atoms with van der Waals surface area (Å²) in [4.78, 5) is 12.2. The molecule has 146 valence electrons. The van der Waals surface area contributed by atoms with Crippen LogP contribution in [0.4, 0.5) is 0 Å². The van der Waals surface area contributed by atoms with E-state index in [1.54, 1.807) is 0 Å². The van der Waals surface area contributed by atoms with Crippen molar-refractivity contribution in [2.24, 2.45) is 0 Å². The molecule has 1 aromatic rings. The molecule has 8 nitrogen and oxygen atoms in total. The molecular formula is C16H25N3O5S2. The number of nitrogens with zero attached hydrogens (tertiary/aromatic N) is 1. The fourth-order valence-corrected chi connectivity index (χ4v) is 4.77. The molecule has 0 aromatic heterocycles. The van der Waals surface area contributed by atoms with Crippen LogP contribution in [-0.4, -0.2) is 71.8 Å². The molecule has 1 amide bonds. The van der Waals surface area contributed by atoms with Crippen molar-refractivity contribution in [3.63, 3.8) is 0 Å². The summed E-state index contributed by atoms with van der Waals surface area (Å²) in [5.74, 6) is -0.670. The first kappa shape index (κ1) is 20.8. The molecule has 1 aromatic carbocycles. The second-order valence-corrected chi connectivity index (χ2v) is 10.6. The molecule has 1 heterocycles. The predicted octanol–water partition coefficient (Wildman–Crippen LogP) is -0.166. The summed E-state index contributed by atoms with van der Waals surface area (Å²) in [5.41, 5.74) is 0.185. The highest BCUT2D eigenvalue weighted by Crippen LogP contribution is 2.21. The van der Waals surface area contributed by atoms with Gasteiger partial charge in [0.05, 0.1) is 10.6 Å². The predicted molar refractivity (Wildman–Crippen MR) is 99.3 cm³/mol. The van der Waals surface area contributed by atoms with E-state index < -0.39 is 25.8 Å². The zero-order chi connectivity index (χ0) is 19.4. The fourth-order valence-electron chi connectivity index (χ4n) is 2.78. The Hall–Kier alpha value is -1.49. The molecule has 0 bridgehead atoms. The first-order valence-electron chi connectivity index (χ1n) is 8.37. The van der Waals surface area contributed by atoms with Gasteiger partial charge in [-0.1, -0.05) is 6.07 Å². The number of hydrogen-bond acceptors (Lipinski definition) is 6. The van der Waals surface area contributed by atoms with Gasteiger partial charge in [0, 0.05) is 37.5 Å². The van der Waals surface area contributed by atoms with Gasteiger partial charge in [-0.05, 0) is 38.1 Å². The highest BCUT2D eigenvalue weighted by atomic mass is 32.2. The number of rotatable bonds is 7. The van der Waals surface area contributed by atoms with E-state index in [2.05, 4.69) is 10.6 Å². The third kappa shape index (κ3) is 5.50. The molecule has 2 N–H and O–H groups in total. The number of nitrogens with one attached hydrogen (secondary N) is 2. The Morgan fingerprint density at radius 1 is 1.19 bits per heavy atom. The van der Waals surface area contributed by atoms with Gasteiger partial charge in [0.1, 0.15) is 9.84 Å². The Balaban J connectivity index is 2.09. The number of sulfonamides is 1. The molecule has 0 radical (unpaired) electrons. The molecular weight excluding hydrogens is 378 g/mol. The van der Waals surface area contributed by atoms with Crippen LogP contribution < -0.4 is 10.6 Å². The Bertz CT molecular complexity index is 844. The van der Waals surface area contributed by atoms with Crippen molar-refractivity contribution < 1.29 is 21.6 Å². The van der Waals surface area contributed by atoms with Crippen molar-refractivity contribution in [3.8, 4) is 0 Å². The zero-order valence-corrected chi connectivity index (χ0v) is 16.6. The monoisotopic (exact) mass is 403 g/mol. The van der Waals surface area contributed by atoms with Crippen LogP contribution in [0.25, 0.3) is 0 Å². The lowest BCUT2D eigenvalue weighted by Gasteiger charge is -2.31. The SMILES string of the molecule is CNC1CCN(S(=O)(=O)c2cccc(C(=O)NCCS(C)(=O)=O)c2)CC1. The molecule has 0 saturated carbocycles. The quantitative estimate of drug-likeness (QED) is 0.654. The largest absolute Gasteiger partial charge is 0.351 e. The van der Waals surface area contributed by atoms with Gasteiger partial charge >= 0.3 is 0 Å². The second kappa shape index (κ2) is 8.47. The van der Waals surface area contributed by atoms with Crippen LogP contribution in [0, 0.1) is 0 Å². The number of sulfone groups is 1. The average Bonchev–Trinajstić information content (AvgIpc) is 2.60. The third-order valence-electron chi connectivity index (χ3n) is 4.35. The lowest BCUT2D eigenvalue weighted by molar-refractivity contribution is 0.0956. The molecule has 1 aliphatic rings. The van der Waals surface area contributed by atoms with Crippen LogP contribution in [0.1, 0.15) is 23.2 Å². The third-order valence-corrected chi connectivity index (χ3v) is 7.19. The lowest BCUT2D eigenvalue weighted by Crippen LogP contribution is -2.43. The highest BCUT2D eigenvalue weighted by Gasteiger charge is 2.29. The van der Waals surface area contributed by atoms with Gasteiger partial charge < -0.3 is 10.6 Å². The maximum absolute atomic E-state index is 12.8. The minimum absolute atomic E-state index is 0.0217. The number of carbonyl (C=O) groups excluding carboxylic acids is 1. The molecule has 0 atom stereocenters. The van der Waals surface area contributed by atoms with Gasteiger partial charge in [0.2, 0.25) is 10.0 Å². The number of amides is 1. The van der Waals surface area contributed by atoms with Crippen molar-refractivity contribution in [3.05, 3.63) is 29.8 Å². The summed E-state index contributed by atoms with van der Waals surface area (Å²) in [7, 11) is -4.98. The first-order chi connectivity index (χ1) is 12.1. The topological polar surface area (TPSA) is 113 Å². The Morgan fingerprint density at radius 3 is 2.42 bits per heavy atom.